The third-order valence-electron chi connectivity index (χ3n) is 4.89. The molecule has 0 radical (unpaired) electrons. The first-order chi connectivity index (χ1) is 14.5. The third-order valence-corrected chi connectivity index (χ3v) is 6.41. The Bertz CT molecular complexity index is 784. The monoisotopic (exact) mass is 490 g/mol. The van der Waals surface area contributed by atoms with Gasteiger partial charge >= 0.3 is 0 Å². The second kappa shape index (κ2) is 13.5. The van der Waals surface area contributed by atoms with Gasteiger partial charge in [-0.25, -0.2) is 0 Å². The number of amides is 2. The highest BCUT2D eigenvalue weighted by Gasteiger charge is 2.25. The topological polar surface area (TPSA) is 49.4 Å². The van der Waals surface area contributed by atoms with Gasteiger partial charge in [-0.3, -0.25) is 9.59 Å². The Morgan fingerprint density at radius 2 is 1.77 bits per heavy atom. The first-order valence-electron chi connectivity index (χ1n) is 10.4. The number of hydrogen-bond donors (Lipinski definition) is 1. The number of halogens is 1. The smallest absolute Gasteiger partial charge is 0.242 e. The lowest BCUT2D eigenvalue weighted by Gasteiger charge is -2.28. The number of nitrogens with zero attached hydrogens (tertiary/aromatic N) is 1. The first-order valence-corrected chi connectivity index (χ1v) is 12.4. The maximum absolute atomic E-state index is 13.0. The van der Waals surface area contributed by atoms with Crippen LogP contribution in [-0.4, -0.2) is 41.6 Å². The molecular formula is C24H31BrN2O2S. The van der Waals surface area contributed by atoms with Crippen molar-refractivity contribution in [2.75, 3.05) is 18.8 Å². The van der Waals surface area contributed by atoms with Crippen LogP contribution in [0.1, 0.15) is 37.8 Å². The molecule has 0 fully saturated rings. The van der Waals surface area contributed by atoms with Gasteiger partial charge in [-0.1, -0.05) is 71.7 Å². The highest BCUT2D eigenvalue weighted by atomic mass is 79.9. The number of hydrogen-bond acceptors (Lipinski definition) is 3. The lowest BCUT2D eigenvalue weighted by Crippen LogP contribution is -2.49. The summed E-state index contributed by atoms with van der Waals surface area (Å²) < 4.78 is 1.04. The summed E-state index contributed by atoms with van der Waals surface area (Å²) in [5.41, 5.74) is 2.34. The number of unbranched alkanes of at least 4 members (excludes halogenated alkanes) is 1. The molecule has 1 atom stereocenters. The number of benzene rings is 2. The van der Waals surface area contributed by atoms with E-state index in [1.54, 1.807) is 16.7 Å². The Morgan fingerprint density at radius 1 is 1.07 bits per heavy atom. The molecule has 2 aromatic rings. The summed E-state index contributed by atoms with van der Waals surface area (Å²) in [6, 6.07) is 17.7. The second-order valence-electron chi connectivity index (χ2n) is 7.26. The zero-order chi connectivity index (χ0) is 21.8. The molecule has 2 aromatic carbocycles. The Kier molecular flexibility index (Phi) is 11.0. The third kappa shape index (κ3) is 8.52. The SMILES string of the molecule is CCCCNC(=O)C(C)N(CCc1ccccc1)C(=O)CSCc1ccc(Br)cc1. The molecule has 30 heavy (non-hydrogen) atoms. The maximum atomic E-state index is 13.0. The summed E-state index contributed by atoms with van der Waals surface area (Å²) >= 11 is 5.02. The van der Waals surface area contributed by atoms with Crippen molar-refractivity contribution in [2.24, 2.45) is 0 Å². The van der Waals surface area contributed by atoms with Crippen molar-refractivity contribution < 1.29 is 9.59 Å². The van der Waals surface area contributed by atoms with Crippen LogP contribution in [0.15, 0.2) is 59.1 Å². The summed E-state index contributed by atoms with van der Waals surface area (Å²) in [4.78, 5) is 27.3. The minimum atomic E-state index is -0.480. The van der Waals surface area contributed by atoms with E-state index in [-0.39, 0.29) is 11.8 Å². The van der Waals surface area contributed by atoms with Crippen LogP contribution < -0.4 is 5.32 Å². The molecule has 1 N–H and O–H groups in total. The Balaban J connectivity index is 1.96. The van der Waals surface area contributed by atoms with Gasteiger partial charge in [0.1, 0.15) is 6.04 Å². The van der Waals surface area contributed by atoms with E-state index in [0.717, 1.165) is 35.1 Å². The number of rotatable bonds is 12. The average Bonchev–Trinajstić information content (AvgIpc) is 2.76. The Hall–Kier alpha value is -1.79. The van der Waals surface area contributed by atoms with Crippen molar-refractivity contribution in [3.8, 4) is 0 Å². The molecular weight excluding hydrogens is 460 g/mol. The minimum Gasteiger partial charge on any atom is -0.354 e. The van der Waals surface area contributed by atoms with Crippen molar-refractivity contribution in [1.82, 2.24) is 10.2 Å². The van der Waals surface area contributed by atoms with E-state index in [2.05, 4.69) is 52.4 Å². The van der Waals surface area contributed by atoms with Crippen molar-refractivity contribution in [3.05, 3.63) is 70.2 Å². The second-order valence-corrected chi connectivity index (χ2v) is 9.16. The predicted octanol–water partition coefficient (Wildman–Crippen LogP) is 5.06. The Labute approximate surface area is 192 Å². The van der Waals surface area contributed by atoms with E-state index < -0.39 is 6.04 Å². The maximum Gasteiger partial charge on any atom is 0.242 e. The zero-order valence-electron chi connectivity index (χ0n) is 17.8. The standard InChI is InChI=1S/C24H31BrN2O2S/c1-3-4-15-26-24(29)19(2)27(16-14-20-8-6-5-7-9-20)23(28)18-30-17-21-10-12-22(25)13-11-21/h5-13,19H,3-4,14-18H2,1-2H3,(H,26,29). The quantitative estimate of drug-likeness (QED) is 0.423. The molecule has 162 valence electrons. The van der Waals surface area contributed by atoms with Gasteiger partial charge in [-0.05, 0) is 43.0 Å². The van der Waals surface area contributed by atoms with Crippen LogP contribution in [0.25, 0.3) is 0 Å². The van der Waals surface area contributed by atoms with Crippen LogP contribution in [0.5, 0.6) is 0 Å². The highest BCUT2D eigenvalue weighted by Crippen LogP contribution is 2.17. The van der Waals surface area contributed by atoms with Crippen molar-refractivity contribution >= 4 is 39.5 Å². The molecule has 2 amide bonds. The van der Waals surface area contributed by atoms with Gasteiger partial charge in [0.15, 0.2) is 0 Å². The number of nitrogens with one attached hydrogen (secondary N) is 1. The van der Waals surface area contributed by atoms with Gasteiger partial charge in [0.2, 0.25) is 11.8 Å². The van der Waals surface area contributed by atoms with Gasteiger partial charge in [-0.15, -0.1) is 11.8 Å². The molecule has 0 aromatic heterocycles. The summed E-state index contributed by atoms with van der Waals surface area (Å²) in [7, 11) is 0. The molecule has 2 rings (SSSR count). The van der Waals surface area contributed by atoms with Gasteiger partial charge in [0.25, 0.3) is 0 Å². The van der Waals surface area contributed by atoms with Gasteiger partial charge in [0, 0.05) is 23.3 Å². The molecule has 0 saturated carbocycles. The van der Waals surface area contributed by atoms with Crippen LogP contribution in [-0.2, 0) is 21.8 Å². The van der Waals surface area contributed by atoms with Crippen LogP contribution >= 0.6 is 27.7 Å². The van der Waals surface area contributed by atoms with E-state index in [1.165, 1.54) is 5.56 Å². The fraction of sp³-hybridized carbons (Fsp3) is 0.417. The molecule has 4 nitrogen and oxygen atoms in total. The van der Waals surface area contributed by atoms with E-state index in [0.29, 0.717) is 18.8 Å². The number of carbonyl (C=O) groups excluding carboxylic acids is 2. The van der Waals surface area contributed by atoms with Gasteiger partial charge < -0.3 is 10.2 Å². The van der Waals surface area contributed by atoms with Crippen molar-refractivity contribution in [2.45, 2.75) is 44.9 Å². The van der Waals surface area contributed by atoms with Gasteiger partial charge in [0.05, 0.1) is 5.75 Å². The van der Waals surface area contributed by atoms with Crippen molar-refractivity contribution in [3.63, 3.8) is 0 Å². The van der Waals surface area contributed by atoms with Crippen LogP contribution in [0.2, 0.25) is 0 Å². The van der Waals surface area contributed by atoms with Crippen LogP contribution in [0.3, 0.4) is 0 Å². The van der Waals surface area contributed by atoms with Gasteiger partial charge in [-0.2, -0.15) is 0 Å². The van der Waals surface area contributed by atoms with E-state index in [1.807, 2.05) is 37.3 Å². The summed E-state index contributed by atoms with van der Waals surface area (Å²) in [5, 5.41) is 2.96. The lowest BCUT2D eigenvalue weighted by molar-refractivity contribution is -0.137. The lowest BCUT2D eigenvalue weighted by atomic mass is 10.1. The minimum absolute atomic E-state index is 0.00573. The number of thioether (sulfide) groups is 1. The van der Waals surface area contributed by atoms with Crippen LogP contribution in [0, 0.1) is 0 Å². The molecule has 0 aliphatic rings. The molecule has 0 aliphatic carbocycles. The highest BCUT2D eigenvalue weighted by molar-refractivity contribution is 9.10. The van der Waals surface area contributed by atoms with Crippen LogP contribution in [0.4, 0.5) is 0 Å². The molecule has 6 heteroatoms. The predicted molar refractivity (Wildman–Crippen MR) is 130 cm³/mol. The molecule has 0 spiro atoms. The Morgan fingerprint density at radius 3 is 2.43 bits per heavy atom. The molecule has 0 bridgehead atoms. The molecule has 0 aliphatic heterocycles. The normalized spacial score (nSPS) is 11.7. The summed E-state index contributed by atoms with van der Waals surface area (Å²) in [6.45, 7) is 5.10. The molecule has 0 heterocycles. The average molecular weight is 491 g/mol. The van der Waals surface area contributed by atoms with E-state index >= 15 is 0 Å². The number of carbonyl (C=O) groups is 2. The zero-order valence-corrected chi connectivity index (χ0v) is 20.2. The molecule has 1 unspecified atom stereocenters. The fourth-order valence-electron chi connectivity index (χ4n) is 3.03. The summed E-state index contributed by atoms with van der Waals surface area (Å²) in [6.07, 6.45) is 2.70. The van der Waals surface area contributed by atoms with Crippen molar-refractivity contribution in [1.29, 1.82) is 0 Å². The fourth-order valence-corrected chi connectivity index (χ4v) is 4.16. The van der Waals surface area contributed by atoms with E-state index in [9.17, 15) is 9.59 Å². The molecule has 0 saturated heterocycles. The first kappa shape index (κ1) is 24.5. The summed E-state index contributed by atoms with van der Waals surface area (Å²) in [5.74, 6) is 1.05. The largest absolute Gasteiger partial charge is 0.354 e. The van der Waals surface area contributed by atoms with E-state index in [4.69, 9.17) is 0 Å².